The van der Waals surface area contributed by atoms with Gasteiger partial charge in [-0.1, -0.05) is 0 Å². The number of carbonyl (C=O) groups excluding carboxylic acids is 1. The molecular formula is C13H14F2O3. The molecular weight excluding hydrogens is 242 g/mol. The molecule has 0 spiro atoms. The average Bonchev–Trinajstić information content (AvgIpc) is 2.37. The van der Waals surface area contributed by atoms with Gasteiger partial charge in [0.15, 0.2) is 12.1 Å². The number of rotatable bonds is 4. The molecule has 1 aromatic carbocycles. The summed E-state index contributed by atoms with van der Waals surface area (Å²) in [5.74, 6) is -1.89. The van der Waals surface area contributed by atoms with Crippen molar-refractivity contribution in [3.05, 3.63) is 35.4 Å². The van der Waals surface area contributed by atoms with Crippen LogP contribution in [0.4, 0.5) is 8.78 Å². The summed E-state index contributed by atoms with van der Waals surface area (Å²) >= 11 is 0. The Balaban J connectivity index is 1.90. The third kappa shape index (κ3) is 3.34. The number of carbonyl (C=O) groups is 1. The van der Waals surface area contributed by atoms with Gasteiger partial charge in [-0.3, -0.25) is 4.79 Å². The first kappa shape index (κ1) is 13.1. The smallest absolute Gasteiger partial charge is 0.166 e. The fourth-order valence-electron chi connectivity index (χ4n) is 1.80. The lowest BCUT2D eigenvalue weighted by Gasteiger charge is -2.22. The number of hydrogen-bond acceptors (Lipinski definition) is 3. The minimum absolute atomic E-state index is 0.0905. The van der Waals surface area contributed by atoms with Crippen LogP contribution in [-0.4, -0.2) is 25.3 Å². The van der Waals surface area contributed by atoms with Crippen LogP contribution in [0.3, 0.4) is 0 Å². The van der Waals surface area contributed by atoms with Crippen molar-refractivity contribution in [3.8, 4) is 0 Å². The van der Waals surface area contributed by atoms with Crippen molar-refractivity contribution in [3.63, 3.8) is 0 Å². The molecule has 0 atom stereocenters. The van der Waals surface area contributed by atoms with Crippen LogP contribution in [0.15, 0.2) is 18.2 Å². The summed E-state index contributed by atoms with van der Waals surface area (Å²) in [4.78, 5) is 11.7. The van der Waals surface area contributed by atoms with E-state index in [4.69, 9.17) is 9.47 Å². The lowest BCUT2D eigenvalue weighted by atomic mass is 10.1. The van der Waals surface area contributed by atoms with Gasteiger partial charge in [-0.25, -0.2) is 8.78 Å². The van der Waals surface area contributed by atoms with Gasteiger partial charge in [0.25, 0.3) is 0 Å². The van der Waals surface area contributed by atoms with E-state index in [1.165, 1.54) is 0 Å². The topological polar surface area (TPSA) is 35.5 Å². The van der Waals surface area contributed by atoms with E-state index in [9.17, 15) is 13.6 Å². The monoisotopic (exact) mass is 256 g/mol. The highest BCUT2D eigenvalue weighted by Gasteiger charge is 2.18. The van der Waals surface area contributed by atoms with E-state index in [1.807, 2.05) is 0 Å². The summed E-state index contributed by atoms with van der Waals surface area (Å²) in [6, 6.07) is 2.94. The molecule has 1 fully saturated rings. The first-order valence-electron chi connectivity index (χ1n) is 5.88. The Kier molecular flexibility index (Phi) is 4.38. The van der Waals surface area contributed by atoms with Crippen molar-refractivity contribution in [2.24, 2.45) is 0 Å². The van der Waals surface area contributed by atoms with Crippen LogP contribution in [0.2, 0.25) is 0 Å². The van der Waals surface area contributed by atoms with Gasteiger partial charge in [0.2, 0.25) is 0 Å². The fourth-order valence-corrected chi connectivity index (χ4v) is 1.80. The second-order valence-electron chi connectivity index (χ2n) is 4.11. The number of ether oxygens (including phenoxy) is 2. The predicted molar refractivity (Wildman–Crippen MR) is 60.2 cm³/mol. The largest absolute Gasteiger partial charge is 0.353 e. The first-order valence-corrected chi connectivity index (χ1v) is 5.88. The third-order valence-electron chi connectivity index (χ3n) is 2.73. The van der Waals surface area contributed by atoms with E-state index < -0.39 is 17.9 Å². The Morgan fingerprint density at radius 1 is 1.28 bits per heavy atom. The fraction of sp³-hybridized carbons (Fsp3) is 0.462. The summed E-state index contributed by atoms with van der Waals surface area (Å²) in [6.45, 7) is 1.23. The van der Waals surface area contributed by atoms with Crippen molar-refractivity contribution in [1.82, 2.24) is 0 Å². The minimum atomic E-state index is -0.828. The van der Waals surface area contributed by atoms with Crippen LogP contribution in [0, 0.1) is 11.6 Å². The van der Waals surface area contributed by atoms with Crippen LogP contribution in [-0.2, 0) is 9.47 Å². The average molecular weight is 256 g/mol. The molecule has 0 aliphatic carbocycles. The summed E-state index contributed by atoms with van der Waals surface area (Å²) in [7, 11) is 0. The molecule has 18 heavy (non-hydrogen) atoms. The molecule has 1 aliphatic heterocycles. The van der Waals surface area contributed by atoms with Crippen molar-refractivity contribution in [1.29, 1.82) is 0 Å². The molecule has 98 valence electrons. The van der Waals surface area contributed by atoms with Crippen molar-refractivity contribution in [2.75, 3.05) is 13.2 Å². The zero-order chi connectivity index (χ0) is 13.0. The van der Waals surface area contributed by atoms with E-state index in [-0.39, 0.29) is 17.8 Å². The summed E-state index contributed by atoms with van der Waals surface area (Å²) < 4.78 is 36.6. The standard InChI is InChI=1S/C13H14F2O3/c14-9-2-3-10(11(15)8-9)12(16)4-5-13-17-6-1-7-18-13/h2-3,8,13H,1,4-7H2. The molecule has 3 nitrogen and oxygen atoms in total. The Morgan fingerprint density at radius 3 is 2.67 bits per heavy atom. The van der Waals surface area contributed by atoms with E-state index in [2.05, 4.69) is 0 Å². The highest BCUT2D eigenvalue weighted by atomic mass is 19.1. The maximum absolute atomic E-state index is 13.3. The molecule has 1 heterocycles. The summed E-state index contributed by atoms with van der Waals surface area (Å²) in [5.41, 5.74) is -0.0905. The van der Waals surface area contributed by atoms with Gasteiger partial charge in [0.1, 0.15) is 11.6 Å². The van der Waals surface area contributed by atoms with Gasteiger partial charge in [0, 0.05) is 18.9 Å². The molecule has 1 aliphatic rings. The zero-order valence-corrected chi connectivity index (χ0v) is 9.83. The molecule has 0 saturated carbocycles. The SMILES string of the molecule is O=C(CCC1OCCCO1)c1ccc(F)cc1F. The molecule has 0 radical (unpaired) electrons. The Bertz CT molecular complexity index is 428. The van der Waals surface area contributed by atoms with Crippen LogP contribution in [0.25, 0.3) is 0 Å². The Morgan fingerprint density at radius 2 is 2.00 bits per heavy atom. The zero-order valence-electron chi connectivity index (χ0n) is 9.83. The number of hydrogen-bond donors (Lipinski definition) is 0. The van der Waals surface area contributed by atoms with Crippen LogP contribution in [0.1, 0.15) is 29.6 Å². The number of ketones is 1. The van der Waals surface area contributed by atoms with Gasteiger partial charge >= 0.3 is 0 Å². The van der Waals surface area contributed by atoms with Crippen LogP contribution < -0.4 is 0 Å². The van der Waals surface area contributed by atoms with E-state index in [1.54, 1.807) is 0 Å². The molecule has 0 aromatic heterocycles. The third-order valence-corrected chi connectivity index (χ3v) is 2.73. The van der Waals surface area contributed by atoms with Crippen molar-refractivity contribution < 1.29 is 23.0 Å². The Hall–Kier alpha value is -1.33. The van der Waals surface area contributed by atoms with Crippen molar-refractivity contribution >= 4 is 5.78 Å². The normalized spacial score (nSPS) is 16.8. The predicted octanol–water partition coefficient (Wildman–Crippen LogP) is 2.69. The van der Waals surface area contributed by atoms with Crippen molar-refractivity contribution in [2.45, 2.75) is 25.6 Å². The number of benzene rings is 1. The van der Waals surface area contributed by atoms with Gasteiger partial charge in [-0.2, -0.15) is 0 Å². The van der Waals surface area contributed by atoms with Gasteiger partial charge in [0.05, 0.1) is 18.8 Å². The molecule has 0 bridgehead atoms. The maximum Gasteiger partial charge on any atom is 0.166 e. The van der Waals surface area contributed by atoms with Crippen LogP contribution in [0.5, 0.6) is 0 Å². The quantitative estimate of drug-likeness (QED) is 0.777. The molecule has 2 rings (SSSR count). The van der Waals surface area contributed by atoms with Gasteiger partial charge in [-0.15, -0.1) is 0 Å². The van der Waals surface area contributed by atoms with E-state index in [0.717, 1.165) is 18.6 Å². The summed E-state index contributed by atoms with van der Waals surface area (Å²) in [5, 5.41) is 0. The van der Waals surface area contributed by atoms with E-state index >= 15 is 0 Å². The lowest BCUT2D eigenvalue weighted by Crippen LogP contribution is -2.25. The molecule has 1 aromatic rings. The number of halogens is 2. The summed E-state index contributed by atoms with van der Waals surface area (Å²) in [6.07, 6.45) is 0.950. The van der Waals surface area contributed by atoms with Gasteiger partial charge < -0.3 is 9.47 Å². The molecule has 0 unspecified atom stereocenters. The van der Waals surface area contributed by atoms with E-state index in [0.29, 0.717) is 25.7 Å². The second-order valence-corrected chi connectivity index (χ2v) is 4.11. The Labute approximate surface area is 104 Å². The molecule has 0 N–H and O–H groups in total. The lowest BCUT2D eigenvalue weighted by molar-refractivity contribution is -0.180. The van der Waals surface area contributed by atoms with Crippen LogP contribution >= 0.6 is 0 Å². The highest BCUT2D eigenvalue weighted by Crippen LogP contribution is 2.16. The van der Waals surface area contributed by atoms with Gasteiger partial charge in [-0.05, 0) is 18.6 Å². The molecule has 0 amide bonds. The molecule has 1 saturated heterocycles. The number of Topliss-reactive ketones (excluding diaryl/α,β-unsaturated/α-hetero) is 1. The maximum atomic E-state index is 13.3. The highest BCUT2D eigenvalue weighted by molar-refractivity contribution is 5.96. The minimum Gasteiger partial charge on any atom is -0.353 e. The molecule has 5 heteroatoms. The second kappa shape index (κ2) is 6.02. The first-order chi connectivity index (χ1) is 8.66.